The van der Waals surface area contributed by atoms with Gasteiger partial charge in [0.15, 0.2) is 12.4 Å². The maximum absolute atomic E-state index is 12.8. The van der Waals surface area contributed by atoms with Crippen LogP contribution in [0.5, 0.6) is 0 Å². The van der Waals surface area contributed by atoms with Gasteiger partial charge in [-0.05, 0) is 70.6 Å². The highest BCUT2D eigenvalue weighted by Gasteiger charge is 2.46. The number of carbonyl (C=O) groups is 2. The maximum Gasteiger partial charge on any atom is 0.310 e. The Morgan fingerprint density at radius 1 is 0.562 bits per heavy atom. The first-order valence-electron chi connectivity index (χ1n) is 24.1. The van der Waals surface area contributed by atoms with Crippen molar-refractivity contribution in [3.05, 3.63) is 85.1 Å². The standard InChI is InChI=1S/C51H84O12S/c1-3-5-7-9-11-13-15-17-19-20-21-22-23-24-26-27-29-31-33-35-37-39-46(52)60-41-44(42-61-51-50(56)49(55)48(54)45(63-51)43-64(57,58)59)62-47(53)40-38-36-34-32-30-28-25-18-16-14-12-10-8-6-4-2/h6,8,12,14-15,17-18,20-21,25,30,32,36,38,44-45,48-51,54-56H,3-5,7,9-11,13,16,19,22-24,26-29,31,33-35,37,39-43H2,1-2H3,(H,57,58,59)/b8-6-,14-12-,17-15-,21-20-,25-18-,32-30-,38-36-. The van der Waals surface area contributed by atoms with Gasteiger partial charge in [0.1, 0.15) is 36.8 Å². The molecule has 4 N–H and O–H groups in total. The molecule has 0 amide bonds. The van der Waals surface area contributed by atoms with Crippen molar-refractivity contribution in [3.63, 3.8) is 0 Å². The van der Waals surface area contributed by atoms with Gasteiger partial charge in [0.05, 0.1) is 13.0 Å². The molecule has 1 aliphatic heterocycles. The second-order valence-electron chi connectivity index (χ2n) is 16.4. The Balaban J connectivity index is 2.45. The minimum absolute atomic E-state index is 0.0728. The smallest absolute Gasteiger partial charge is 0.310 e. The predicted octanol–water partition coefficient (Wildman–Crippen LogP) is 10.4. The fraction of sp³-hybridized carbons (Fsp3) is 0.686. The number of allylic oxidation sites excluding steroid dienone is 13. The van der Waals surface area contributed by atoms with E-state index in [1.165, 1.54) is 70.6 Å². The average molecular weight is 921 g/mol. The third-order valence-electron chi connectivity index (χ3n) is 10.5. The summed E-state index contributed by atoms with van der Waals surface area (Å²) in [6, 6.07) is 0. The van der Waals surface area contributed by atoms with Gasteiger partial charge in [-0.15, -0.1) is 0 Å². The molecule has 0 saturated carbocycles. The first-order chi connectivity index (χ1) is 31.0. The predicted molar refractivity (Wildman–Crippen MR) is 256 cm³/mol. The molecule has 1 fully saturated rings. The summed E-state index contributed by atoms with van der Waals surface area (Å²) in [5, 5.41) is 30.9. The van der Waals surface area contributed by atoms with Crippen molar-refractivity contribution in [1.82, 2.24) is 0 Å². The van der Waals surface area contributed by atoms with E-state index in [-0.39, 0.29) is 19.4 Å². The molecule has 0 aromatic rings. The van der Waals surface area contributed by atoms with Crippen LogP contribution in [0.4, 0.5) is 0 Å². The van der Waals surface area contributed by atoms with Crippen molar-refractivity contribution < 1.29 is 56.8 Å². The molecule has 1 rings (SSSR count). The van der Waals surface area contributed by atoms with Gasteiger partial charge in [-0.2, -0.15) is 8.42 Å². The summed E-state index contributed by atoms with van der Waals surface area (Å²) in [4.78, 5) is 25.4. The van der Waals surface area contributed by atoms with Gasteiger partial charge in [0.2, 0.25) is 0 Å². The van der Waals surface area contributed by atoms with Crippen molar-refractivity contribution in [1.29, 1.82) is 0 Å². The maximum atomic E-state index is 12.8. The number of hydrogen-bond donors (Lipinski definition) is 4. The number of aliphatic hydroxyl groups excluding tert-OH is 3. The first-order valence-corrected chi connectivity index (χ1v) is 25.8. The summed E-state index contributed by atoms with van der Waals surface area (Å²) in [6.07, 6.45) is 43.7. The van der Waals surface area contributed by atoms with Crippen LogP contribution in [0.2, 0.25) is 0 Å². The second-order valence-corrected chi connectivity index (χ2v) is 17.9. The molecule has 64 heavy (non-hydrogen) atoms. The van der Waals surface area contributed by atoms with Gasteiger partial charge in [-0.3, -0.25) is 14.1 Å². The van der Waals surface area contributed by atoms with Gasteiger partial charge in [-0.1, -0.05) is 170 Å². The Morgan fingerprint density at radius 2 is 1.03 bits per heavy atom. The zero-order valence-corrected chi connectivity index (χ0v) is 39.9. The van der Waals surface area contributed by atoms with Gasteiger partial charge in [0, 0.05) is 6.42 Å². The van der Waals surface area contributed by atoms with Crippen LogP contribution < -0.4 is 0 Å². The summed E-state index contributed by atoms with van der Waals surface area (Å²) >= 11 is 0. The molecular formula is C51H84O12S. The number of rotatable bonds is 39. The van der Waals surface area contributed by atoms with Crippen molar-refractivity contribution in [3.8, 4) is 0 Å². The third-order valence-corrected chi connectivity index (χ3v) is 11.2. The molecule has 0 spiro atoms. The van der Waals surface area contributed by atoms with Crippen molar-refractivity contribution >= 4 is 22.1 Å². The lowest BCUT2D eigenvalue weighted by molar-refractivity contribution is -0.297. The summed E-state index contributed by atoms with van der Waals surface area (Å²) in [5.41, 5.74) is 0. The summed E-state index contributed by atoms with van der Waals surface area (Å²) < 4.78 is 54.0. The van der Waals surface area contributed by atoms with E-state index in [4.69, 9.17) is 18.9 Å². The lowest BCUT2D eigenvalue weighted by atomic mass is 10.00. The molecule has 6 unspecified atom stereocenters. The second kappa shape index (κ2) is 40.1. The van der Waals surface area contributed by atoms with Gasteiger partial charge < -0.3 is 34.3 Å². The molecule has 366 valence electrons. The minimum atomic E-state index is -4.62. The van der Waals surface area contributed by atoms with Crippen LogP contribution in [0.15, 0.2) is 85.1 Å². The Kier molecular flexibility index (Phi) is 36.9. The highest BCUT2D eigenvalue weighted by atomic mass is 32.2. The van der Waals surface area contributed by atoms with Crippen LogP contribution in [-0.4, -0.2) is 96.0 Å². The molecule has 0 bridgehead atoms. The molecule has 12 nitrogen and oxygen atoms in total. The fourth-order valence-corrected chi connectivity index (χ4v) is 7.47. The molecule has 0 aromatic heterocycles. The average Bonchev–Trinajstić information content (AvgIpc) is 3.26. The van der Waals surface area contributed by atoms with E-state index in [0.717, 1.165) is 57.8 Å². The topological polar surface area (TPSA) is 186 Å². The number of ether oxygens (including phenoxy) is 4. The fourth-order valence-electron chi connectivity index (χ4n) is 6.78. The number of hydrogen-bond acceptors (Lipinski definition) is 11. The molecule has 13 heteroatoms. The molecule has 6 atom stereocenters. The van der Waals surface area contributed by atoms with Gasteiger partial charge in [0.25, 0.3) is 10.1 Å². The molecule has 1 aliphatic rings. The number of aliphatic hydroxyl groups is 3. The molecular weight excluding hydrogens is 837 g/mol. The zero-order valence-electron chi connectivity index (χ0n) is 39.1. The zero-order chi connectivity index (χ0) is 46.9. The minimum Gasteiger partial charge on any atom is -0.462 e. The number of unbranched alkanes of at least 4 members (excludes halogenated alkanes) is 14. The van der Waals surface area contributed by atoms with Crippen LogP contribution in [0, 0.1) is 0 Å². The molecule has 1 saturated heterocycles. The van der Waals surface area contributed by atoms with E-state index in [9.17, 15) is 37.9 Å². The molecule has 0 aliphatic carbocycles. The molecule has 0 aromatic carbocycles. The Hall–Kier alpha value is -3.17. The Labute approximate surface area is 386 Å². The number of esters is 2. The van der Waals surface area contributed by atoms with Crippen molar-refractivity contribution in [2.75, 3.05) is 19.0 Å². The Morgan fingerprint density at radius 3 is 1.55 bits per heavy atom. The van der Waals surface area contributed by atoms with E-state index in [2.05, 4.69) is 74.6 Å². The normalized spacial score (nSPS) is 20.4. The molecule has 1 heterocycles. The van der Waals surface area contributed by atoms with Crippen molar-refractivity contribution in [2.24, 2.45) is 0 Å². The van der Waals surface area contributed by atoms with Crippen molar-refractivity contribution in [2.45, 2.75) is 205 Å². The largest absolute Gasteiger partial charge is 0.462 e. The molecule has 0 radical (unpaired) electrons. The van der Waals surface area contributed by atoms with E-state index in [0.29, 0.717) is 12.8 Å². The van der Waals surface area contributed by atoms with E-state index in [1.807, 2.05) is 18.2 Å². The lowest BCUT2D eigenvalue weighted by Crippen LogP contribution is -2.60. The SMILES string of the molecule is CC/C=C\C/C=C\C/C=C\C/C=C\C/C=C\CC(=O)OC(COC(=O)CCCCCCCCCCC/C=C\C/C=C\CCCCCCC)COC1OC(CS(=O)(=O)O)C(O)C(O)C1O. The summed E-state index contributed by atoms with van der Waals surface area (Å²) in [6.45, 7) is 3.55. The summed E-state index contributed by atoms with van der Waals surface area (Å²) in [5.74, 6) is -2.16. The van der Waals surface area contributed by atoms with Crippen LogP contribution in [0.3, 0.4) is 0 Å². The van der Waals surface area contributed by atoms with Gasteiger partial charge in [-0.25, -0.2) is 0 Å². The highest BCUT2D eigenvalue weighted by molar-refractivity contribution is 7.85. The third kappa shape index (κ3) is 34.2. The van der Waals surface area contributed by atoms with Crippen LogP contribution in [0.25, 0.3) is 0 Å². The Bertz CT molecular complexity index is 1500. The van der Waals surface area contributed by atoms with E-state index >= 15 is 0 Å². The number of carbonyl (C=O) groups excluding carboxylic acids is 2. The van der Waals surface area contributed by atoms with Crippen LogP contribution in [-0.2, 0) is 38.7 Å². The highest BCUT2D eigenvalue weighted by Crippen LogP contribution is 2.24. The first kappa shape index (κ1) is 58.8. The lowest BCUT2D eigenvalue weighted by Gasteiger charge is -2.40. The van der Waals surface area contributed by atoms with Crippen LogP contribution in [0.1, 0.15) is 168 Å². The van der Waals surface area contributed by atoms with E-state index < -0.39 is 71.2 Å². The quantitative estimate of drug-likeness (QED) is 0.0198. The van der Waals surface area contributed by atoms with Gasteiger partial charge >= 0.3 is 11.9 Å². The monoisotopic (exact) mass is 921 g/mol. The summed E-state index contributed by atoms with van der Waals surface area (Å²) in [7, 11) is -4.62. The van der Waals surface area contributed by atoms with E-state index in [1.54, 1.807) is 6.08 Å². The van der Waals surface area contributed by atoms with Crippen LogP contribution >= 0.6 is 0 Å².